The molecule has 4 aliphatic carbocycles. The van der Waals surface area contributed by atoms with Crippen LogP contribution in [0.2, 0.25) is 0 Å². The minimum Gasteiger partial charge on any atom is -0.495 e. The summed E-state index contributed by atoms with van der Waals surface area (Å²) in [5.74, 6) is 6.88. The lowest BCUT2D eigenvalue weighted by Crippen LogP contribution is -2.48. The van der Waals surface area contributed by atoms with Gasteiger partial charge in [0.2, 0.25) is 0 Å². The van der Waals surface area contributed by atoms with Crippen LogP contribution in [-0.4, -0.2) is 27.3 Å². The molecule has 0 aliphatic heterocycles. The van der Waals surface area contributed by atoms with Crippen LogP contribution in [0.3, 0.4) is 0 Å². The molecule has 4 bridgehead atoms. The molecule has 0 aromatic heterocycles. The zero-order valence-electron chi connectivity index (χ0n) is 16.6. The lowest BCUT2D eigenvalue weighted by Gasteiger charge is -2.57. The Balaban J connectivity index is 1.69. The van der Waals surface area contributed by atoms with E-state index in [4.69, 9.17) is 25.4 Å². The third-order valence-corrected chi connectivity index (χ3v) is 6.92. The molecule has 1 aromatic carbocycles. The second kappa shape index (κ2) is 7.37. The van der Waals surface area contributed by atoms with E-state index in [1.165, 1.54) is 44.1 Å². The predicted molar refractivity (Wildman–Crippen MR) is 104 cm³/mol. The number of methoxy groups -OCH3 is 2. The molecule has 4 nitrogen and oxygen atoms in total. The molecule has 4 aliphatic rings. The van der Waals surface area contributed by atoms with Gasteiger partial charge in [0.15, 0.2) is 13.1 Å². The molecule has 5 rings (SSSR count). The summed E-state index contributed by atoms with van der Waals surface area (Å²) in [4.78, 5) is 0. The quantitative estimate of drug-likeness (QED) is 0.523. The van der Waals surface area contributed by atoms with Gasteiger partial charge in [-0.15, -0.1) is 6.42 Å². The summed E-state index contributed by atoms with van der Waals surface area (Å²) >= 11 is 0. The number of terminal acetylenes is 1. The lowest BCUT2D eigenvalue weighted by atomic mass is 9.48. The van der Waals surface area contributed by atoms with Crippen LogP contribution < -0.4 is 9.47 Å². The first-order valence-electron chi connectivity index (χ1n) is 10.0. The van der Waals surface area contributed by atoms with Gasteiger partial charge in [0, 0.05) is 18.7 Å². The van der Waals surface area contributed by atoms with E-state index in [1.807, 2.05) is 13.0 Å². The normalized spacial score (nSPS) is 32.1. The van der Waals surface area contributed by atoms with Crippen LogP contribution >= 0.6 is 0 Å². The molecule has 0 amide bonds. The number of hydrogen-bond donors (Lipinski definition) is 0. The summed E-state index contributed by atoms with van der Waals surface area (Å²) in [7, 11) is 3.27. The van der Waals surface area contributed by atoms with Crippen molar-refractivity contribution >= 4 is 0 Å². The molecular weight excluding hydrogens is 340 g/mol. The summed E-state index contributed by atoms with van der Waals surface area (Å²) in [6.45, 7) is 2.00. The van der Waals surface area contributed by atoms with Crippen LogP contribution in [0.5, 0.6) is 11.5 Å². The molecule has 1 atom stereocenters. The Morgan fingerprint density at radius 1 is 1.07 bits per heavy atom. The summed E-state index contributed by atoms with van der Waals surface area (Å²) in [6, 6.07) is 4.09. The highest BCUT2D eigenvalue weighted by molar-refractivity contribution is 5.56. The molecule has 0 saturated heterocycles. The molecular formula is C23H30O4. The fourth-order valence-corrected chi connectivity index (χ4v) is 6.08. The van der Waals surface area contributed by atoms with Gasteiger partial charge >= 0.3 is 0 Å². The van der Waals surface area contributed by atoms with Crippen LogP contribution in [0, 0.1) is 30.1 Å². The van der Waals surface area contributed by atoms with Gasteiger partial charge in [0.25, 0.3) is 0 Å². The maximum atomic E-state index is 6.09. The highest BCUT2D eigenvalue weighted by Gasteiger charge is 2.52. The van der Waals surface area contributed by atoms with Crippen LogP contribution in [0.15, 0.2) is 12.1 Å². The Morgan fingerprint density at radius 3 is 2.22 bits per heavy atom. The van der Waals surface area contributed by atoms with Crippen molar-refractivity contribution < 1.29 is 18.9 Å². The predicted octanol–water partition coefficient (Wildman–Crippen LogP) is 4.49. The van der Waals surface area contributed by atoms with Gasteiger partial charge in [-0.3, -0.25) is 0 Å². The van der Waals surface area contributed by atoms with Crippen molar-refractivity contribution in [3.63, 3.8) is 0 Å². The Kier molecular flexibility index (Phi) is 5.09. The SMILES string of the molecule is C#Cc1cc(C23CC4CC(CC(C4)C2)C3)c(OCOC(C)OC)cc1OC. The van der Waals surface area contributed by atoms with Crippen molar-refractivity contribution in [1.82, 2.24) is 0 Å². The number of rotatable bonds is 7. The summed E-state index contributed by atoms with van der Waals surface area (Å²) in [6.07, 6.45) is 13.4. The average molecular weight is 370 g/mol. The highest BCUT2D eigenvalue weighted by Crippen LogP contribution is 2.62. The molecule has 0 N–H and O–H groups in total. The van der Waals surface area contributed by atoms with E-state index in [2.05, 4.69) is 12.0 Å². The van der Waals surface area contributed by atoms with E-state index in [9.17, 15) is 0 Å². The summed E-state index contributed by atoms with van der Waals surface area (Å²) in [5.41, 5.74) is 2.25. The zero-order chi connectivity index (χ0) is 19.0. The molecule has 0 radical (unpaired) electrons. The van der Waals surface area contributed by atoms with Crippen molar-refractivity contribution in [2.24, 2.45) is 17.8 Å². The molecule has 4 saturated carbocycles. The Labute approximate surface area is 162 Å². The molecule has 0 heterocycles. The molecule has 0 spiro atoms. The smallest absolute Gasteiger partial charge is 0.191 e. The molecule has 27 heavy (non-hydrogen) atoms. The minimum atomic E-state index is -0.306. The number of hydrogen-bond acceptors (Lipinski definition) is 4. The standard InChI is InChI=1S/C23H30O4/c1-5-19-9-20(22(10-21(19)25-4)27-14-26-15(2)24-3)23-11-16-6-17(12-23)8-18(7-16)13-23/h1,9-10,15-18H,6-8,11-14H2,2-4H3. The number of ether oxygens (including phenoxy) is 4. The van der Waals surface area contributed by atoms with Gasteiger partial charge in [-0.05, 0) is 74.7 Å². The van der Waals surface area contributed by atoms with Crippen LogP contribution in [0.4, 0.5) is 0 Å². The molecule has 4 fully saturated rings. The van der Waals surface area contributed by atoms with E-state index in [0.29, 0.717) is 5.75 Å². The summed E-state index contributed by atoms with van der Waals surface area (Å²) < 4.78 is 22.3. The zero-order valence-corrected chi connectivity index (χ0v) is 16.6. The van der Waals surface area contributed by atoms with Gasteiger partial charge in [-0.1, -0.05) is 5.92 Å². The van der Waals surface area contributed by atoms with E-state index < -0.39 is 0 Å². The van der Waals surface area contributed by atoms with Crippen LogP contribution in [-0.2, 0) is 14.9 Å². The van der Waals surface area contributed by atoms with Gasteiger partial charge < -0.3 is 18.9 Å². The van der Waals surface area contributed by atoms with E-state index in [0.717, 1.165) is 29.1 Å². The summed E-state index contributed by atoms with van der Waals surface area (Å²) in [5, 5.41) is 0. The van der Waals surface area contributed by atoms with Gasteiger partial charge in [-0.25, -0.2) is 0 Å². The topological polar surface area (TPSA) is 36.9 Å². The van der Waals surface area contributed by atoms with E-state index in [1.54, 1.807) is 14.2 Å². The maximum absolute atomic E-state index is 6.09. The fourth-order valence-electron chi connectivity index (χ4n) is 6.08. The van der Waals surface area contributed by atoms with Crippen molar-refractivity contribution in [1.29, 1.82) is 0 Å². The van der Waals surface area contributed by atoms with Crippen LogP contribution in [0.1, 0.15) is 56.6 Å². The van der Waals surface area contributed by atoms with Crippen molar-refractivity contribution in [3.05, 3.63) is 23.3 Å². The highest BCUT2D eigenvalue weighted by atomic mass is 16.7. The van der Waals surface area contributed by atoms with Crippen molar-refractivity contribution in [2.45, 2.75) is 57.2 Å². The lowest BCUT2D eigenvalue weighted by molar-refractivity contribution is -0.150. The minimum absolute atomic E-state index is 0.146. The fraction of sp³-hybridized carbons (Fsp3) is 0.652. The van der Waals surface area contributed by atoms with Gasteiger partial charge in [-0.2, -0.15) is 0 Å². The first-order valence-corrected chi connectivity index (χ1v) is 10.0. The van der Waals surface area contributed by atoms with Crippen molar-refractivity contribution in [3.8, 4) is 23.8 Å². The second-order valence-electron chi connectivity index (χ2n) is 8.62. The molecule has 146 valence electrons. The Hall–Kier alpha value is -1.70. The molecule has 4 heteroatoms. The largest absolute Gasteiger partial charge is 0.495 e. The van der Waals surface area contributed by atoms with Crippen molar-refractivity contribution in [2.75, 3.05) is 21.0 Å². The number of benzene rings is 1. The molecule has 1 aromatic rings. The van der Waals surface area contributed by atoms with Gasteiger partial charge in [0.1, 0.15) is 11.5 Å². The third kappa shape index (κ3) is 3.44. The Morgan fingerprint density at radius 2 is 1.70 bits per heavy atom. The van der Waals surface area contributed by atoms with Gasteiger partial charge in [0.05, 0.1) is 12.7 Å². The van der Waals surface area contributed by atoms with E-state index in [-0.39, 0.29) is 18.5 Å². The third-order valence-electron chi connectivity index (χ3n) is 6.92. The monoisotopic (exact) mass is 370 g/mol. The van der Waals surface area contributed by atoms with E-state index >= 15 is 0 Å². The maximum Gasteiger partial charge on any atom is 0.191 e. The second-order valence-corrected chi connectivity index (χ2v) is 8.62. The molecule has 1 unspecified atom stereocenters. The average Bonchev–Trinajstić information content (AvgIpc) is 2.66. The van der Waals surface area contributed by atoms with Crippen LogP contribution in [0.25, 0.3) is 0 Å². The Bertz CT molecular complexity index is 697. The first-order chi connectivity index (χ1) is 13.1. The first kappa shape index (κ1) is 18.7.